The van der Waals surface area contributed by atoms with Gasteiger partial charge < -0.3 is 25.0 Å². The molecular formula is C26H43IN4O2. The summed E-state index contributed by atoms with van der Waals surface area (Å²) in [5.74, 6) is 2.65. The van der Waals surface area contributed by atoms with Crippen molar-refractivity contribution in [1.82, 2.24) is 15.5 Å². The molecule has 33 heavy (non-hydrogen) atoms. The summed E-state index contributed by atoms with van der Waals surface area (Å²) in [6.45, 7) is 9.07. The maximum Gasteiger partial charge on any atom is 0.191 e. The summed E-state index contributed by atoms with van der Waals surface area (Å²) in [5, 5.41) is 7.11. The first-order valence-corrected chi connectivity index (χ1v) is 12.9. The smallest absolute Gasteiger partial charge is 0.191 e. The Bertz CT molecular complexity index is 712. The van der Waals surface area contributed by atoms with Crippen molar-refractivity contribution in [2.45, 2.75) is 77.0 Å². The molecule has 1 atom stereocenters. The Morgan fingerprint density at radius 3 is 2.67 bits per heavy atom. The van der Waals surface area contributed by atoms with E-state index in [1.54, 1.807) is 0 Å². The lowest BCUT2D eigenvalue weighted by Crippen LogP contribution is -2.49. The molecule has 0 bridgehead atoms. The molecule has 2 saturated heterocycles. The second kappa shape index (κ2) is 14.4. The van der Waals surface area contributed by atoms with Crippen LogP contribution in [0.1, 0.15) is 63.9 Å². The van der Waals surface area contributed by atoms with Gasteiger partial charge in [-0.05, 0) is 75.5 Å². The van der Waals surface area contributed by atoms with E-state index in [0.29, 0.717) is 18.7 Å². The van der Waals surface area contributed by atoms with Gasteiger partial charge in [0.05, 0.1) is 19.3 Å². The first-order chi connectivity index (χ1) is 15.8. The van der Waals surface area contributed by atoms with Crippen LogP contribution in [0.5, 0.6) is 5.75 Å². The highest BCUT2D eigenvalue weighted by Crippen LogP contribution is 2.24. The van der Waals surface area contributed by atoms with Gasteiger partial charge in [0.1, 0.15) is 5.75 Å². The van der Waals surface area contributed by atoms with E-state index in [9.17, 15) is 0 Å². The van der Waals surface area contributed by atoms with Crippen LogP contribution in [0, 0.1) is 5.92 Å². The Hall–Kier alpha value is -1.06. The fourth-order valence-corrected chi connectivity index (χ4v) is 5.13. The van der Waals surface area contributed by atoms with E-state index in [2.05, 4.69) is 46.7 Å². The third-order valence-electron chi connectivity index (χ3n) is 6.99. The maximum atomic E-state index is 6.24. The van der Waals surface area contributed by atoms with Gasteiger partial charge in [0.2, 0.25) is 0 Å². The fraction of sp³-hybridized carbons (Fsp3) is 0.731. The Morgan fingerprint density at radius 2 is 1.94 bits per heavy atom. The van der Waals surface area contributed by atoms with Crippen LogP contribution < -0.4 is 15.4 Å². The summed E-state index contributed by atoms with van der Waals surface area (Å²) in [6.07, 6.45) is 10.2. The molecule has 7 heteroatoms. The molecule has 0 spiro atoms. The number of halogens is 1. The van der Waals surface area contributed by atoms with Crippen LogP contribution in [0.15, 0.2) is 29.3 Å². The second-order valence-electron chi connectivity index (χ2n) is 9.67. The van der Waals surface area contributed by atoms with E-state index in [0.717, 1.165) is 50.5 Å². The van der Waals surface area contributed by atoms with Gasteiger partial charge in [-0.2, -0.15) is 0 Å². The molecule has 186 valence electrons. The van der Waals surface area contributed by atoms with E-state index in [1.807, 2.05) is 0 Å². The van der Waals surface area contributed by atoms with Gasteiger partial charge in [-0.1, -0.05) is 18.6 Å². The fourth-order valence-electron chi connectivity index (χ4n) is 5.13. The standard InChI is InChI=1S/C26H42N4O2.HI/c1-2-27-26(29-23-11-14-30(15-12-23)19-22-13-16-31-20-22)28-18-21-7-6-10-25(17-21)32-24-8-4-3-5-9-24;/h6-7,10,17,22-24H,2-5,8-9,11-16,18-20H2,1H3,(H2,27,28,29);1H. The van der Waals surface area contributed by atoms with Gasteiger partial charge in [-0.15, -0.1) is 24.0 Å². The molecule has 0 amide bonds. The Morgan fingerprint density at radius 1 is 1.12 bits per heavy atom. The molecule has 2 aliphatic heterocycles. The van der Waals surface area contributed by atoms with Crippen LogP contribution in [0.2, 0.25) is 0 Å². The van der Waals surface area contributed by atoms with E-state index in [-0.39, 0.29) is 24.0 Å². The average Bonchev–Trinajstić information content (AvgIpc) is 3.33. The Labute approximate surface area is 217 Å². The van der Waals surface area contributed by atoms with Crippen molar-refractivity contribution in [2.75, 3.05) is 39.4 Å². The van der Waals surface area contributed by atoms with E-state index >= 15 is 0 Å². The van der Waals surface area contributed by atoms with E-state index in [4.69, 9.17) is 14.5 Å². The highest BCUT2D eigenvalue weighted by atomic mass is 127. The molecule has 0 aromatic heterocycles. The number of hydrogen-bond acceptors (Lipinski definition) is 4. The third-order valence-corrected chi connectivity index (χ3v) is 6.99. The van der Waals surface area contributed by atoms with Crippen molar-refractivity contribution in [3.05, 3.63) is 29.8 Å². The van der Waals surface area contributed by atoms with Crippen LogP contribution in [0.25, 0.3) is 0 Å². The van der Waals surface area contributed by atoms with E-state index < -0.39 is 0 Å². The van der Waals surface area contributed by atoms with Crippen LogP contribution in [0.4, 0.5) is 0 Å². The summed E-state index contributed by atoms with van der Waals surface area (Å²) < 4.78 is 11.8. The zero-order chi connectivity index (χ0) is 22.0. The lowest BCUT2D eigenvalue weighted by molar-refractivity contribution is 0.150. The monoisotopic (exact) mass is 570 g/mol. The first kappa shape index (κ1) is 26.5. The predicted octanol–water partition coefficient (Wildman–Crippen LogP) is 4.57. The number of guanidine groups is 1. The molecule has 1 aromatic carbocycles. The number of piperidine rings is 1. The minimum Gasteiger partial charge on any atom is -0.490 e. The van der Waals surface area contributed by atoms with Crippen LogP contribution >= 0.6 is 24.0 Å². The predicted molar refractivity (Wildman–Crippen MR) is 146 cm³/mol. The normalized spacial score (nSPS) is 23.2. The molecule has 4 rings (SSSR count). The number of benzene rings is 1. The second-order valence-corrected chi connectivity index (χ2v) is 9.67. The van der Waals surface area contributed by atoms with Crippen molar-refractivity contribution in [2.24, 2.45) is 10.9 Å². The van der Waals surface area contributed by atoms with Crippen LogP contribution in [-0.4, -0.2) is 62.4 Å². The molecule has 2 heterocycles. The largest absolute Gasteiger partial charge is 0.490 e. The van der Waals surface area contributed by atoms with Gasteiger partial charge in [0, 0.05) is 38.8 Å². The zero-order valence-corrected chi connectivity index (χ0v) is 22.6. The molecular weight excluding hydrogens is 527 g/mol. The summed E-state index contributed by atoms with van der Waals surface area (Å²) in [5.41, 5.74) is 1.20. The van der Waals surface area contributed by atoms with Crippen molar-refractivity contribution in [3.63, 3.8) is 0 Å². The molecule has 1 aromatic rings. The Balaban J connectivity index is 0.00000306. The molecule has 6 nitrogen and oxygen atoms in total. The first-order valence-electron chi connectivity index (χ1n) is 12.9. The summed E-state index contributed by atoms with van der Waals surface area (Å²) in [4.78, 5) is 7.49. The van der Waals surface area contributed by atoms with Gasteiger partial charge in [0.15, 0.2) is 5.96 Å². The quantitative estimate of drug-likeness (QED) is 0.273. The minimum absolute atomic E-state index is 0. The molecule has 3 aliphatic rings. The van der Waals surface area contributed by atoms with Crippen molar-refractivity contribution in [1.29, 1.82) is 0 Å². The number of nitrogens with zero attached hydrogens (tertiary/aromatic N) is 2. The summed E-state index contributed by atoms with van der Waals surface area (Å²) in [7, 11) is 0. The number of ether oxygens (including phenoxy) is 2. The maximum absolute atomic E-state index is 6.24. The van der Waals surface area contributed by atoms with Gasteiger partial charge in [0.25, 0.3) is 0 Å². The zero-order valence-electron chi connectivity index (χ0n) is 20.3. The Kier molecular flexibility index (Phi) is 11.6. The number of hydrogen-bond donors (Lipinski definition) is 2. The van der Waals surface area contributed by atoms with Gasteiger partial charge in [-0.3, -0.25) is 0 Å². The lowest BCUT2D eigenvalue weighted by Gasteiger charge is -2.34. The summed E-state index contributed by atoms with van der Waals surface area (Å²) >= 11 is 0. The van der Waals surface area contributed by atoms with Gasteiger partial charge >= 0.3 is 0 Å². The molecule has 1 aliphatic carbocycles. The van der Waals surface area contributed by atoms with Gasteiger partial charge in [-0.25, -0.2) is 4.99 Å². The minimum atomic E-state index is 0. The van der Waals surface area contributed by atoms with Crippen molar-refractivity contribution < 1.29 is 9.47 Å². The summed E-state index contributed by atoms with van der Waals surface area (Å²) in [6, 6.07) is 8.97. The lowest BCUT2D eigenvalue weighted by atomic mass is 9.98. The van der Waals surface area contributed by atoms with Crippen LogP contribution in [-0.2, 0) is 11.3 Å². The topological polar surface area (TPSA) is 58.1 Å². The van der Waals surface area contributed by atoms with Crippen molar-refractivity contribution >= 4 is 29.9 Å². The number of likely N-dealkylation sites (tertiary alicyclic amines) is 1. The number of aliphatic imine (C=N–C) groups is 1. The van der Waals surface area contributed by atoms with E-state index in [1.165, 1.54) is 63.5 Å². The third kappa shape index (κ3) is 8.91. The number of nitrogens with one attached hydrogen (secondary N) is 2. The molecule has 0 radical (unpaired) electrons. The highest BCUT2D eigenvalue weighted by molar-refractivity contribution is 14.0. The average molecular weight is 571 g/mol. The van der Waals surface area contributed by atoms with Crippen LogP contribution in [0.3, 0.4) is 0 Å². The highest BCUT2D eigenvalue weighted by Gasteiger charge is 2.24. The molecule has 1 unspecified atom stereocenters. The number of rotatable bonds is 8. The molecule has 3 fully saturated rings. The SMILES string of the molecule is CCNC(=NCc1cccc(OC2CCCCC2)c1)NC1CCN(CC2CCOC2)CC1.I. The van der Waals surface area contributed by atoms with Crippen molar-refractivity contribution in [3.8, 4) is 5.75 Å². The molecule has 2 N–H and O–H groups in total. The molecule has 1 saturated carbocycles.